The van der Waals surface area contributed by atoms with Crippen molar-refractivity contribution in [2.45, 2.75) is 25.7 Å². The molecule has 15 heteroatoms. The van der Waals surface area contributed by atoms with Crippen LogP contribution in [0.1, 0.15) is 31.1 Å². The van der Waals surface area contributed by atoms with Crippen LogP contribution in [0.5, 0.6) is 0 Å². The number of amides is 1. The van der Waals surface area contributed by atoms with E-state index in [0.29, 0.717) is 20.6 Å². The molecule has 3 rings (SSSR count). The van der Waals surface area contributed by atoms with Gasteiger partial charge in [0.25, 0.3) is 15.9 Å². The van der Waals surface area contributed by atoms with Crippen LogP contribution in [0, 0.1) is 5.41 Å². The summed E-state index contributed by atoms with van der Waals surface area (Å²) in [6.45, 7) is 3.98. The smallest absolute Gasteiger partial charge is 0.375 e. The number of sulfonamides is 1. The highest BCUT2D eigenvalue weighted by molar-refractivity contribution is 7.93. The van der Waals surface area contributed by atoms with Gasteiger partial charge in [-0.25, -0.2) is 8.42 Å². The second-order valence-electron chi connectivity index (χ2n) is 9.52. The zero-order valence-electron chi connectivity index (χ0n) is 21.9. The molecule has 1 atom stereocenters. The van der Waals surface area contributed by atoms with Gasteiger partial charge in [0.15, 0.2) is 0 Å². The van der Waals surface area contributed by atoms with E-state index in [9.17, 15) is 27.5 Å². The number of hydrogen-bond donors (Lipinski definition) is 2. The summed E-state index contributed by atoms with van der Waals surface area (Å²) in [6.07, 6.45) is -1.10. The lowest BCUT2D eigenvalue weighted by molar-refractivity contribution is -0.267. The highest BCUT2D eigenvalue weighted by Crippen LogP contribution is 2.46. The molecule has 0 heterocycles. The Morgan fingerprint density at radius 3 is 2.30 bits per heavy atom. The molecule has 0 spiro atoms. The summed E-state index contributed by atoms with van der Waals surface area (Å²) < 4.78 is 50.5. The van der Waals surface area contributed by atoms with Gasteiger partial charge in [-0.3, -0.25) is 18.5 Å². The first kappa shape index (κ1) is 31.8. The minimum atomic E-state index is -4.84. The van der Waals surface area contributed by atoms with Gasteiger partial charge in [-0.2, -0.15) is 4.89 Å². The quantitative estimate of drug-likeness (QED) is 0.0754. The standard InChI is InChI=1S/C25H27Cl2N2O9PS/c1-25(2,3)24(31)36-15-37-38-39(32,33)14-29(40(34,35)20-12-17(26)11-18(27)13-20)19-8-9-21-16(10-19)6-5-7-22(21)23(30)28-4/h5-13H,14-15H2,1-4H3,(H,28,30)(H,32,33). The van der Waals surface area contributed by atoms with Crippen LogP contribution in [0.4, 0.5) is 5.69 Å². The molecule has 3 aromatic carbocycles. The molecular formula is C25H27Cl2N2O9PS. The molecule has 40 heavy (non-hydrogen) atoms. The van der Waals surface area contributed by atoms with E-state index in [4.69, 9.17) is 27.9 Å². The van der Waals surface area contributed by atoms with E-state index in [1.165, 1.54) is 31.3 Å². The average Bonchev–Trinajstić information content (AvgIpc) is 2.87. The lowest BCUT2D eigenvalue weighted by Crippen LogP contribution is -2.32. The zero-order valence-corrected chi connectivity index (χ0v) is 25.1. The monoisotopic (exact) mass is 632 g/mol. The maximum Gasteiger partial charge on any atom is 0.375 e. The lowest BCUT2D eigenvalue weighted by Gasteiger charge is -2.26. The van der Waals surface area contributed by atoms with Crippen molar-refractivity contribution in [3.05, 3.63) is 70.2 Å². The molecule has 0 aliphatic heterocycles. The van der Waals surface area contributed by atoms with Gasteiger partial charge < -0.3 is 14.9 Å². The molecule has 0 fully saturated rings. The second kappa shape index (κ2) is 12.4. The summed E-state index contributed by atoms with van der Waals surface area (Å²) in [6, 6.07) is 12.7. The molecule has 0 aliphatic rings. The maximum absolute atomic E-state index is 13.7. The molecule has 11 nitrogen and oxygen atoms in total. The summed E-state index contributed by atoms with van der Waals surface area (Å²) in [5, 5.41) is 3.57. The van der Waals surface area contributed by atoms with Crippen molar-refractivity contribution in [2.75, 3.05) is 24.4 Å². The van der Waals surface area contributed by atoms with E-state index < -0.39 is 42.1 Å². The number of carbonyl (C=O) groups excluding carboxylic acids is 2. The predicted molar refractivity (Wildman–Crippen MR) is 151 cm³/mol. The summed E-state index contributed by atoms with van der Waals surface area (Å²) in [5.74, 6) is -1.01. The number of halogens is 2. The van der Waals surface area contributed by atoms with Crippen LogP contribution >= 0.6 is 30.8 Å². The van der Waals surface area contributed by atoms with Crippen molar-refractivity contribution in [1.29, 1.82) is 0 Å². The van der Waals surface area contributed by atoms with E-state index in [1.54, 1.807) is 39.0 Å². The summed E-state index contributed by atoms with van der Waals surface area (Å²) in [4.78, 5) is 38.9. The van der Waals surface area contributed by atoms with Gasteiger partial charge in [0.1, 0.15) is 6.29 Å². The van der Waals surface area contributed by atoms with E-state index in [-0.39, 0.29) is 26.5 Å². The van der Waals surface area contributed by atoms with Crippen LogP contribution in [-0.2, 0) is 33.7 Å². The summed E-state index contributed by atoms with van der Waals surface area (Å²) in [5.41, 5.74) is -0.546. The van der Waals surface area contributed by atoms with E-state index >= 15 is 0 Å². The van der Waals surface area contributed by atoms with Crippen LogP contribution < -0.4 is 9.62 Å². The zero-order chi connectivity index (χ0) is 29.9. The van der Waals surface area contributed by atoms with Crippen molar-refractivity contribution in [3.63, 3.8) is 0 Å². The molecule has 0 radical (unpaired) electrons. The number of rotatable bonds is 10. The second-order valence-corrected chi connectivity index (χ2v) is 14.0. The van der Waals surface area contributed by atoms with E-state index in [2.05, 4.69) is 14.9 Å². The Labute approximate surface area is 241 Å². The van der Waals surface area contributed by atoms with E-state index in [0.717, 1.165) is 12.1 Å². The summed E-state index contributed by atoms with van der Waals surface area (Å²) >= 11 is 12.1. The van der Waals surface area contributed by atoms with Crippen LogP contribution in [0.2, 0.25) is 10.0 Å². The van der Waals surface area contributed by atoms with Crippen LogP contribution in [-0.4, -0.2) is 45.3 Å². The Balaban J connectivity index is 2.01. The molecule has 1 amide bonds. The summed E-state index contributed by atoms with van der Waals surface area (Å²) in [7, 11) is -7.93. The molecule has 1 unspecified atom stereocenters. The molecular weight excluding hydrogens is 606 g/mol. The normalized spacial score (nSPS) is 13.5. The molecule has 2 N–H and O–H groups in total. The van der Waals surface area contributed by atoms with Crippen LogP contribution in [0.3, 0.4) is 0 Å². The Bertz CT molecular complexity index is 1570. The van der Waals surface area contributed by atoms with Gasteiger partial charge in [0.2, 0.25) is 6.79 Å². The first-order valence-corrected chi connectivity index (χ1v) is 15.5. The number of fused-ring (bicyclic) bond motifs is 1. The number of carbonyl (C=O) groups is 2. The van der Waals surface area contributed by atoms with Gasteiger partial charge in [-0.1, -0.05) is 41.4 Å². The highest BCUT2D eigenvalue weighted by atomic mass is 35.5. The highest BCUT2D eigenvalue weighted by Gasteiger charge is 2.35. The number of nitrogens with zero attached hydrogens (tertiary/aromatic N) is 1. The fraction of sp³-hybridized carbons (Fsp3) is 0.280. The largest absolute Gasteiger partial charge is 0.435 e. The van der Waals surface area contributed by atoms with Crippen LogP contribution in [0.15, 0.2) is 59.5 Å². The van der Waals surface area contributed by atoms with Gasteiger partial charge in [0, 0.05) is 22.7 Å². The Morgan fingerprint density at radius 1 is 1.05 bits per heavy atom. The SMILES string of the molecule is CNC(=O)c1cccc2cc(N(CP(=O)(O)OOCOC(=O)C(C)(C)C)S(=O)(=O)c3cc(Cl)cc(Cl)c3)ccc12. The number of esters is 1. The first-order valence-electron chi connectivity index (χ1n) is 11.6. The van der Waals surface area contributed by atoms with Crippen molar-refractivity contribution in [2.24, 2.45) is 5.41 Å². The topological polar surface area (TPSA) is 149 Å². The maximum atomic E-state index is 13.7. The number of ether oxygens (including phenoxy) is 1. The number of nitrogens with one attached hydrogen (secondary N) is 1. The number of benzene rings is 3. The third kappa shape index (κ3) is 7.73. The lowest BCUT2D eigenvalue weighted by atomic mass is 9.98. The van der Waals surface area contributed by atoms with Crippen molar-refractivity contribution < 1.29 is 41.8 Å². The fourth-order valence-corrected chi connectivity index (χ4v) is 7.09. The molecule has 0 aliphatic carbocycles. The Hall–Kier alpha value is -2.70. The van der Waals surface area contributed by atoms with Crippen molar-refractivity contribution in [1.82, 2.24) is 5.32 Å². The Morgan fingerprint density at radius 2 is 1.70 bits per heavy atom. The molecule has 0 saturated carbocycles. The fourth-order valence-electron chi connectivity index (χ4n) is 3.44. The minimum Gasteiger partial charge on any atom is -0.435 e. The average molecular weight is 633 g/mol. The molecule has 216 valence electrons. The number of hydrogen-bond acceptors (Lipinski definition) is 8. The van der Waals surface area contributed by atoms with Crippen LogP contribution in [0.25, 0.3) is 10.8 Å². The molecule has 3 aromatic rings. The van der Waals surface area contributed by atoms with Gasteiger partial charge >= 0.3 is 13.6 Å². The first-order chi connectivity index (χ1) is 18.5. The Kier molecular flexibility index (Phi) is 9.90. The number of anilines is 1. The predicted octanol–water partition coefficient (Wildman–Crippen LogP) is 5.34. The molecule has 0 bridgehead atoms. The van der Waals surface area contributed by atoms with Gasteiger partial charge in [-0.05, 0) is 67.9 Å². The molecule has 0 aromatic heterocycles. The van der Waals surface area contributed by atoms with Gasteiger partial charge in [-0.15, -0.1) is 4.67 Å². The third-order valence-electron chi connectivity index (χ3n) is 5.37. The minimum absolute atomic E-state index is 0.0205. The third-order valence-corrected chi connectivity index (χ3v) is 8.73. The van der Waals surface area contributed by atoms with Crippen molar-refractivity contribution >= 4 is 69.2 Å². The molecule has 0 saturated heterocycles. The van der Waals surface area contributed by atoms with Gasteiger partial charge in [0.05, 0.1) is 16.0 Å². The van der Waals surface area contributed by atoms with Crippen molar-refractivity contribution in [3.8, 4) is 0 Å². The van der Waals surface area contributed by atoms with E-state index in [1.807, 2.05) is 0 Å².